The topological polar surface area (TPSA) is 93.1 Å². The lowest BCUT2D eigenvalue weighted by Gasteiger charge is -2.01. The molecule has 0 aromatic heterocycles. The van der Waals surface area contributed by atoms with Crippen molar-refractivity contribution in [3.63, 3.8) is 0 Å². The van der Waals surface area contributed by atoms with E-state index in [1.807, 2.05) is 0 Å². The molecule has 0 fully saturated rings. The van der Waals surface area contributed by atoms with Crippen LogP contribution in [0.15, 0.2) is 0 Å². The molecule has 0 bridgehead atoms. The predicted octanol–water partition coefficient (Wildman–Crippen LogP) is -0.731. The van der Waals surface area contributed by atoms with E-state index in [4.69, 9.17) is 9.79 Å². The highest BCUT2D eigenvalue weighted by Gasteiger charge is 2.15. The van der Waals surface area contributed by atoms with E-state index in [-0.39, 0.29) is 0 Å². The molecule has 0 radical (unpaired) electrons. The van der Waals surface area contributed by atoms with Gasteiger partial charge in [0.2, 0.25) is 0 Å². The number of carbonyl (C=O) groups is 1. The van der Waals surface area contributed by atoms with Crippen LogP contribution in [0.4, 0.5) is 0 Å². The number of phosphoric ester groups is 1. The molecule has 0 atom stereocenters. The summed E-state index contributed by atoms with van der Waals surface area (Å²) in [4.78, 5) is 26.3. The summed E-state index contributed by atoms with van der Waals surface area (Å²) in [6.07, 6.45) is 0. The van der Waals surface area contributed by atoms with Gasteiger partial charge in [-0.25, -0.2) is 9.36 Å². The molecule has 0 spiro atoms. The molecular weight excluding hydrogens is 163 g/mol. The Kier molecular flexibility index (Phi) is 3.52. The van der Waals surface area contributed by atoms with Gasteiger partial charge in [-0.2, -0.15) is 0 Å². The molecule has 0 saturated carbocycles. The molecule has 0 aliphatic rings. The van der Waals surface area contributed by atoms with Crippen LogP contribution in [0.5, 0.6) is 0 Å². The average molecular weight is 170 g/mol. The second-order valence-corrected chi connectivity index (χ2v) is 2.58. The van der Waals surface area contributed by atoms with Gasteiger partial charge in [-0.3, -0.25) is 4.52 Å². The van der Waals surface area contributed by atoms with Crippen LogP contribution in [0.3, 0.4) is 0 Å². The summed E-state index contributed by atoms with van der Waals surface area (Å²) >= 11 is 0. The number of esters is 1. The van der Waals surface area contributed by atoms with Crippen molar-refractivity contribution in [1.29, 1.82) is 0 Å². The Morgan fingerprint density at radius 1 is 1.60 bits per heavy atom. The Hall–Kier alpha value is -0.420. The first kappa shape index (κ1) is 9.58. The highest BCUT2D eigenvalue weighted by atomic mass is 31.2. The van der Waals surface area contributed by atoms with E-state index in [2.05, 4.69) is 9.26 Å². The van der Waals surface area contributed by atoms with Crippen LogP contribution >= 0.6 is 7.82 Å². The second-order valence-electron chi connectivity index (χ2n) is 1.34. The number of carbonyl (C=O) groups excluding carboxylic acids is 1. The van der Waals surface area contributed by atoms with Crippen LogP contribution in [-0.4, -0.2) is 29.5 Å². The third-order valence-corrected chi connectivity index (χ3v) is 1.04. The maximum atomic E-state index is 10.2. The molecule has 7 heteroatoms. The monoisotopic (exact) mass is 170 g/mol. The van der Waals surface area contributed by atoms with Crippen LogP contribution in [0.25, 0.3) is 0 Å². The summed E-state index contributed by atoms with van der Waals surface area (Å²) in [5.74, 6) is -0.830. The fraction of sp³-hybridized carbons (Fsp3) is 0.667. The van der Waals surface area contributed by atoms with Gasteiger partial charge in [0.05, 0.1) is 7.11 Å². The molecule has 6 nitrogen and oxygen atoms in total. The number of rotatable bonds is 3. The molecule has 2 N–H and O–H groups in total. The zero-order valence-corrected chi connectivity index (χ0v) is 6.08. The van der Waals surface area contributed by atoms with Gasteiger partial charge in [0.1, 0.15) is 0 Å². The third-order valence-electron chi connectivity index (χ3n) is 0.578. The van der Waals surface area contributed by atoms with Crippen molar-refractivity contribution in [3.05, 3.63) is 0 Å². The van der Waals surface area contributed by atoms with Gasteiger partial charge in [-0.1, -0.05) is 0 Å². The standard InChI is InChI=1S/C3H7O6P/c1-8-3(4)2-9-10(5,6)7/h2H2,1H3,(H2,5,6,7). The van der Waals surface area contributed by atoms with Gasteiger partial charge in [-0.05, 0) is 0 Å². The van der Waals surface area contributed by atoms with Crippen LogP contribution in [0.1, 0.15) is 0 Å². The summed E-state index contributed by atoms with van der Waals surface area (Å²) < 4.78 is 17.7. The van der Waals surface area contributed by atoms with Crippen LogP contribution in [0.2, 0.25) is 0 Å². The lowest BCUT2D eigenvalue weighted by molar-refractivity contribution is -0.143. The van der Waals surface area contributed by atoms with Gasteiger partial charge in [0, 0.05) is 0 Å². The highest BCUT2D eigenvalue weighted by molar-refractivity contribution is 7.46. The minimum Gasteiger partial charge on any atom is -0.467 e. The maximum absolute atomic E-state index is 10.2. The lowest BCUT2D eigenvalue weighted by atomic mass is 10.8. The summed E-state index contributed by atoms with van der Waals surface area (Å²) in [6, 6.07) is 0. The molecule has 0 saturated heterocycles. The van der Waals surface area contributed by atoms with Gasteiger partial charge in [0.15, 0.2) is 6.61 Å². The van der Waals surface area contributed by atoms with Crippen molar-refractivity contribution in [2.24, 2.45) is 0 Å². The van der Waals surface area contributed by atoms with Crippen LogP contribution in [0, 0.1) is 0 Å². The number of hydrogen-bond acceptors (Lipinski definition) is 4. The molecular formula is C3H7O6P. The number of ether oxygens (including phenoxy) is 1. The Labute approximate surface area is 57.0 Å². The minimum atomic E-state index is -4.53. The molecule has 0 aromatic rings. The van der Waals surface area contributed by atoms with E-state index in [0.29, 0.717) is 0 Å². The quantitative estimate of drug-likeness (QED) is 0.428. The fourth-order valence-corrected chi connectivity index (χ4v) is 0.469. The molecule has 0 unspecified atom stereocenters. The van der Waals surface area contributed by atoms with Crippen LogP contribution < -0.4 is 0 Å². The first-order valence-corrected chi connectivity index (χ1v) is 3.75. The van der Waals surface area contributed by atoms with Crippen molar-refractivity contribution in [1.82, 2.24) is 0 Å². The van der Waals surface area contributed by atoms with E-state index in [0.717, 1.165) is 7.11 Å². The third kappa shape index (κ3) is 5.71. The Morgan fingerprint density at radius 3 is 2.40 bits per heavy atom. The first-order valence-electron chi connectivity index (χ1n) is 2.22. The zero-order chi connectivity index (χ0) is 8.20. The number of hydrogen-bond donors (Lipinski definition) is 2. The van der Waals surface area contributed by atoms with Crippen molar-refractivity contribution in [3.8, 4) is 0 Å². The zero-order valence-electron chi connectivity index (χ0n) is 5.18. The predicted molar refractivity (Wildman–Crippen MR) is 30.0 cm³/mol. The van der Waals surface area contributed by atoms with E-state index in [1.54, 1.807) is 0 Å². The SMILES string of the molecule is COC(=O)COP(=O)(O)O. The first-order chi connectivity index (χ1) is 4.45. The number of methoxy groups -OCH3 is 1. The molecule has 0 heterocycles. The fourth-order valence-electron chi connectivity index (χ4n) is 0.196. The maximum Gasteiger partial charge on any atom is 0.470 e. The molecule has 60 valence electrons. The largest absolute Gasteiger partial charge is 0.470 e. The number of phosphoric acid groups is 1. The molecule has 0 aliphatic heterocycles. The van der Waals surface area contributed by atoms with Crippen molar-refractivity contribution < 1.29 is 28.4 Å². The van der Waals surface area contributed by atoms with Gasteiger partial charge in [0.25, 0.3) is 0 Å². The minimum absolute atomic E-state index is 0.735. The molecule has 10 heavy (non-hydrogen) atoms. The molecule has 0 amide bonds. The Balaban J connectivity index is 3.56. The Morgan fingerprint density at radius 2 is 2.10 bits per heavy atom. The molecule has 0 aliphatic carbocycles. The highest BCUT2D eigenvalue weighted by Crippen LogP contribution is 2.35. The van der Waals surface area contributed by atoms with Crippen molar-refractivity contribution in [2.75, 3.05) is 13.7 Å². The van der Waals surface area contributed by atoms with E-state index in [1.165, 1.54) is 0 Å². The summed E-state index contributed by atoms with van der Waals surface area (Å²) in [5, 5.41) is 0. The van der Waals surface area contributed by atoms with E-state index < -0.39 is 20.4 Å². The van der Waals surface area contributed by atoms with E-state index >= 15 is 0 Å². The van der Waals surface area contributed by atoms with E-state index in [9.17, 15) is 9.36 Å². The summed E-state index contributed by atoms with van der Waals surface area (Å²) in [5.41, 5.74) is 0. The molecule has 0 aromatic carbocycles. The second kappa shape index (κ2) is 3.68. The smallest absolute Gasteiger partial charge is 0.467 e. The summed E-state index contributed by atoms with van der Waals surface area (Å²) in [7, 11) is -3.44. The van der Waals surface area contributed by atoms with Crippen LogP contribution in [-0.2, 0) is 18.6 Å². The normalized spacial score (nSPS) is 11.1. The lowest BCUT2D eigenvalue weighted by Crippen LogP contribution is -2.08. The average Bonchev–Trinajstić information content (AvgIpc) is 1.81. The van der Waals surface area contributed by atoms with Gasteiger partial charge >= 0.3 is 13.8 Å². The Bertz CT molecular complexity index is 158. The van der Waals surface area contributed by atoms with Gasteiger partial charge in [-0.15, -0.1) is 0 Å². The molecule has 0 rings (SSSR count). The van der Waals surface area contributed by atoms with Crippen molar-refractivity contribution >= 4 is 13.8 Å². The van der Waals surface area contributed by atoms with Gasteiger partial charge < -0.3 is 14.5 Å². The summed E-state index contributed by atoms with van der Waals surface area (Å²) in [6.45, 7) is -0.735. The van der Waals surface area contributed by atoms with Crippen molar-refractivity contribution in [2.45, 2.75) is 0 Å².